The Labute approximate surface area is 148 Å². The van der Waals surface area contributed by atoms with E-state index in [4.69, 9.17) is 17.0 Å². The second-order valence-corrected chi connectivity index (χ2v) is 6.51. The van der Waals surface area contributed by atoms with Gasteiger partial charge in [-0.05, 0) is 49.8 Å². The number of ether oxygens (including phenoxy) is 1. The van der Waals surface area contributed by atoms with E-state index in [9.17, 15) is 0 Å². The molecular weight excluding hydrogens is 320 g/mol. The summed E-state index contributed by atoms with van der Waals surface area (Å²) in [6.45, 7) is 3.71. The third kappa shape index (κ3) is 3.16. The standard InChI is InChI=1S/C18H24N4OS/c1-13-8-9-15(21(13)2)17-16(14-7-4-5-10-19-14)20-18(24)22(17)11-6-12-23-3/h4-5,7-10,16-17H,6,11-12H2,1-3H3,(H,20,24). The van der Waals surface area contributed by atoms with E-state index in [0.717, 1.165) is 30.4 Å². The number of thiocarbonyl (C=S) groups is 1. The summed E-state index contributed by atoms with van der Waals surface area (Å²) in [5.74, 6) is 0. The molecule has 3 heterocycles. The third-order valence-corrected chi connectivity index (χ3v) is 5.01. The van der Waals surface area contributed by atoms with Crippen LogP contribution in [0, 0.1) is 6.92 Å². The van der Waals surface area contributed by atoms with Gasteiger partial charge in [0.25, 0.3) is 0 Å². The molecular formula is C18H24N4OS. The number of pyridine rings is 1. The Bertz CT molecular complexity index is 700. The lowest BCUT2D eigenvalue weighted by molar-refractivity contribution is 0.179. The van der Waals surface area contributed by atoms with Gasteiger partial charge in [0.05, 0.1) is 17.8 Å². The first-order valence-electron chi connectivity index (χ1n) is 8.22. The Morgan fingerprint density at radius 2 is 2.12 bits per heavy atom. The monoisotopic (exact) mass is 344 g/mol. The molecule has 0 radical (unpaired) electrons. The summed E-state index contributed by atoms with van der Waals surface area (Å²) >= 11 is 5.63. The number of hydrogen-bond acceptors (Lipinski definition) is 3. The molecule has 1 saturated heterocycles. The predicted octanol–water partition coefficient (Wildman–Crippen LogP) is 2.74. The molecule has 1 N–H and O–H groups in total. The number of nitrogens with zero attached hydrogens (tertiary/aromatic N) is 3. The molecule has 6 heteroatoms. The Morgan fingerprint density at radius 1 is 1.29 bits per heavy atom. The summed E-state index contributed by atoms with van der Waals surface area (Å²) in [5.41, 5.74) is 3.49. The number of methoxy groups -OCH3 is 1. The van der Waals surface area contributed by atoms with Gasteiger partial charge in [0.2, 0.25) is 0 Å². The lowest BCUT2D eigenvalue weighted by Crippen LogP contribution is -2.32. The first kappa shape index (κ1) is 16.9. The molecule has 1 aliphatic rings. The van der Waals surface area contributed by atoms with Crippen molar-refractivity contribution in [1.29, 1.82) is 0 Å². The van der Waals surface area contributed by atoms with Crippen molar-refractivity contribution in [2.24, 2.45) is 7.05 Å². The Morgan fingerprint density at radius 3 is 2.75 bits per heavy atom. The molecule has 0 spiro atoms. The number of aryl methyl sites for hydroxylation is 1. The van der Waals surface area contributed by atoms with Crippen LogP contribution in [0.4, 0.5) is 0 Å². The highest BCUT2D eigenvalue weighted by Crippen LogP contribution is 2.38. The SMILES string of the molecule is COCCCN1C(=S)NC(c2ccccn2)C1c1ccc(C)n1C. The van der Waals surface area contributed by atoms with Crippen LogP contribution in [0.3, 0.4) is 0 Å². The van der Waals surface area contributed by atoms with E-state index in [1.54, 1.807) is 7.11 Å². The van der Waals surface area contributed by atoms with Gasteiger partial charge < -0.3 is 19.5 Å². The molecule has 0 amide bonds. The minimum atomic E-state index is 0.0502. The molecule has 2 aromatic heterocycles. The lowest BCUT2D eigenvalue weighted by atomic mass is 10.0. The summed E-state index contributed by atoms with van der Waals surface area (Å²) in [6, 6.07) is 10.5. The fourth-order valence-electron chi connectivity index (χ4n) is 3.28. The van der Waals surface area contributed by atoms with Crippen LogP contribution in [0.1, 0.15) is 35.6 Å². The average molecular weight is 344 g/mol. The van der Waals surface area contributed by atoms with E-state index in [1.807, 2.05) is 18.3 Å². The van der Waals surface area contributed by atoms with Gasteiger partial charge in [-0.15, -0.1) is 0 Å². The van der Waals surface area contributed by atoms with Crippen molar-refractivity contribution >= 4 is 17.3 Å². The minimum absolute atomic E-state index is 0.0502. The summed E-state index contributed by atoms with van der Waals surface area (Å²) in [5, 5.41) is 4.26. The summed E-state index contributed by atoms with van der Waals surface area (Å²) in [7, 11) is 3.84. The summed E-state index contributed by atoms with van der Waals surface area (Å²) < 4.78 is 7.44. The smallest absolute Gasteiger partial charge is 0.170 e. The molecule has 0 saturated carbocycles. The van der Waals surface area contributed by atoms with Gasteiger partial charge >= 0.3 is 0 Å². The highest BCUT2D eigenvalue weighted by atomic mass is 32.1. The fraction of sp³-hybridized carbons (Fsp3) is 0.444. The number of aromatic nitrogens is 2. The summed E-state index contributed by atoms with van der Waals surface area (Å²) in [6.07, 6.45) is 2.77. The van der Waals surface area contributed by atoms with Gasteiger partial charge in [0.1, 0.15) is 0 Å². The van der Waals surface area contributed by atoms with Gasteiger partial charge in [-0.1, -0.05) is 6.07 Å². The summed E-state index contributed by atoms with van der Waals surface area (Å²) in [4.78, 5) is 6.82. The van der Waals surface area contributed by atoms with Crippen molar-refractivity contribution in [1.82, 2.24) is 19.8 Å². The molecule has 128 valence electrons. The molecule has 1 fully saturated rings. The van der Waals surface area contributed by atoms with Crippen LogP contribution in [0.2, 0.25) is 0 Å². The maximum atomic E-state index is 5.63. The minimum Gasteiger partial charge on any atom is -0.385 e. The fourth-order valence-corrected chi connectivity index (χ4v) is 3.61. The quantitative estimate of drug-likeness (QED) is 0.645. The van der Waals surface area contributed by atoms with Crippen LogP contribution in [0.5, 0.6) is 0 Å². The van der Waals surface area contributed by atoms with Gasteiger partial charge in [0.15, 0.2) is 5.11 Å². The van der Waals surface area contributed by atoms with E-state index in [2.05, 4.69) is 51.9 Å². The van der Waals surface area contributed by atoms with Crippen molar-refractivity contribution in [2.75, 3.05) is 20.3 Å². The van der Waals surface area contributed by atoms with Crippen LogP contribution in [-0.2, 0) is 11.8 Å². The molecule has 1 aliphatic heterocycles. The van der Waals surface area contributed by atoms with Crippen molar-refractivity contribution in [3.05, 3.63) is 53.6 Å². The molecule has 24 heavy (non-hydrogen) atoms. The van der Waals surface area contributed by atoms with Gasteiger partial charge in [-0.25, -0.2) is 0 Å². The van der Waals surface area contributed by atoms with Crippen LogP contribution in [0.15, 0.2) is 36.5 Å². The zero-order chi connectivity index (χ0) is 17.1. The van der Waals surface area contributed by atoms with Crippen LogP contribution < -0.4 is 5.32 Å². The molecule has 2 unspecified atom stereocenters. The van der Waals surface area contributed by atoms with E-state index in [1.165, 1.54) is 11.4 Å². The maximum Gasteiger partial charge on any atom is 0.170 e. The van der Waals surface area contributed by atoms with E-state index < -0.39 is 0 Å². The van der Waals surface area contributed by atoms with Crippen LogP contribution >= 0.6 is 12.2 Å². The van der Waals surface area contributed by atoms with Crippen LogP contribution in [0.25, 0.3) is 0 Å². The maximum absolute atomic E-state index is 5.63. The van der Waals surface area contributed by atoms with Crippen LogP contribution in [-0.4, -0.2) is 39.8 Å². The second-order valence-electron chi connectivity index (χ2n) is 6.12. The van der Waals surface area contributed by atoms with E-state index in [0.29, 0.717) is 0 Å². The Balaban J connectivity index is 1.96. The number of rotatable bonds is 6. The largest absolute Gasteiger partial charge is 0.385 e. The van der Waals surface area contributed by atoms with Crippen molar-refractivity contribution in [3.63, 3.8) is 0 Å². The Hall–Kier alpha value is -1.92. The number of hydrogen-bond donors (Lipinski definition) is 1. The highest BCUT2D eigenvalue weighted by molar-refractivity contribution is 7.80. The van der Waals surface area contributed by atoms with Gasteiger partial charge in [0, 0.05) is 44.9 Å². The number of nitrogens with one attached hydrogen (secondary N) is 1. The van der Waals surface area contributed by atoms with E-state index >= 15 is 0 Å². The second kappa shape index (κ2) is 7.32. The molecule has 2 atom stereocenters. The molecule has 0 aromatic carbocycles. The molecule has 3 rings (SSSR count). The first-order chi connectivity index (χ1) is 11.6. The average Bonchev–Trinajstić information content (AvgIpc) is 3.09. The molecule has 0 bridgehead atoms. The molecule has 0 aliphatic carbocycles. The Kier molecular flexibility index (Phi) is 5.16. The van der Waals surface area contributed by atoms with Crippen molar-refractivity contribution < 1.29 is 4.74 Å². The topological polar surface area (TPSA) is 42.3 Å². The first-order valence-corrected chi connectivity index (χ1v) is 8.63. The van der Waals surface area contributed by atoms with Crippen molar-refractivity contribution in [2.45, 2.75) is 25.4 Å². The zero-order valence-electron chi connectivity index (χ0n) is 14.4. The predicted molar refractivity (Wildman–Crippen MR) is 98.8 cm³/mol. The van der Waals surface area contributed by atoms with Gasteiger partial charge in [-0.3, -0.25) is 4.98 Å². The normalized spacial score (nSPS) is 20.5. The van der Waals surface area contributed by atoms with Crippen molar-refractivity contribution in [3.8, 4) is 0 Å². The highest BCUT2D eigenvalue weighted by Gasteiger charge is 2.40. The van der Waals surface area contributed by atoms with Gasteiger partial charge in [-0.2, -0.15) is 0 Å². The van der Waals surface area contributed by atoms with E-state index in [-0.39, 0.29) is 12.1 Å². The molecule has 2 aromatic rings. The molecule has 5 nitrogen and oxygen atoms in total. The third-order valence-electron chi connectivity index (χ3n) is 4.66. The lowest BCUT2D eigenvalue weighted by Gasteiger charge is -2.28. The zero-order valence-corrected chi connectivity index (χ0v) is 15.2.